The summed E-state index contributed by atoms with van der Waals surface area (Å²) in [7, 11) is 0. The second-order valence-electron chi connectivity index (χ2n) is 16.3. The zero-order valence-electron chi connectivity index (χ0n) is 30.2. The molecule has 3 heterocycles. The summed E-state index contributed by atoms with van der Waals surface area (Å²) in [6.45, 7) is 12.1. The third kappa shape index (κ3) is 4.21. The maximum atomic E-state index is 15.5. The molecule has 16 atom stereocenters. The van der Waals surface area contributed by atoms with Crippen LogP contribution in [-0.2, 0) is 52.4 Å². The molecule has 2 bridgehead atoms. The van der Waals surface area contributed by atoms with Gasteiger partial charge in [-0.1, -0.05) is 27.7 Å². The fourth-order valence-electron chi connectivity index (χ4n) is 12.1. The molecule has 2 aliphatic heterocycles. The van der Waals surface area contributed by atoms with Gasteiger partial charge in [0.15, 0.2) is 24.1 Å². The fourth-order valence-corrected chi connectivity index (χ4v) is 12.1. The molecule has 1 aromatic rings. The van der Waals surface area contributed by atoms with Gasteiger partial charge in [-0.2, -0.15) is 0 Å². The van der Waals surface area contributed by atoms with Crippen molar-refractivity contribution < 1.29 is 67.0 Å². The van der Waals surface area contributed by atoms with Crippen molar-refractivity contribution in [2.45, 2.75) is 129 Å². The molecule has 51 heavy (non-hydrogen) atoms. The molecular formula is C37H48O14. The van der Waals surface area contributed by atoms with Crippen molar-refractivity contribution >= 4 is 29.7 Å². The first kappa shape index (κ1) is 36.0. The predicted octanol–water partition coefficient (Wildman–Crippen LogP) is 2.60. The van der Waals surface area contributed by atoms with Crippen LogP contribution in [0.5, 0.6) is 0 Å². The molecule has 2 N–H and O–H groups in total. The van der Waals surface area contributed by atoms with E-state index in [4.69, 9.17) is 32.8 Å². The maximum Gasteiger partial charge on any atom is 0.310 e. The van der Waals surface area contributed by atoms with Gasteiger partial charge in [-0.25, -0.2) is 0 Å². The Labute approximate surface area is 295 Å². The highest BCUT2D eigenvalue weighted by atomic mass is 16.7. The van der Waals surface area contributed by atoms with Gasteiger partial charge in [0.2, 0.25) is 6.29 Å². The van der Waals surface area contributed by atoms with Gasteiger partial charge in [-0.3, -0.25) is 24.0 Å². The Kier molecular flexibility index (Phi) is 8.19. The van der Waals surface area contributed by atoms with Gasteiger partial charge in [0.05, 0.1) is 48.1 Å². The second-order valence-corrected chi connectivity index (χ2v) is 16.3. The van der Waals surface area contributed by atoms with E-state index in [1.807, 2.05) is 13.8 Å². The third-order valence-corrected chi connectivity index (χ3v) is 14.2. The molecule has 1 unspecified atom stereocenters. The number of hydrogen-bond acceptors (Lipinski definition) is 14. The molecule has 6 aliphatic rings. The van der Waals surface area contributed by atoms with Crippen LogP contribution in [0.1, 0.15) is 86.1 Å². The lowest BCUT2D eigenvalue weighted by molar-refractivity contribution is -0.463. The molecule has 2 saturated heterocycles. The van der Waals surface area contributed by atoms with Crippen molar-refractivity contribution in [2.75, 3.05) is 6.61 Å². The number of rotatable bonds is 7. The molecule has 7 rings (SSSR count). The van der Waals surface area contributed by atoms with E-state index in [0.29, 0.717) is 12.0 Å². The van der Waals surface area contributed by atoms with Crippen LogP contribution in [0.15, 0.2) is 23.0 Å². The molecule has 14 heteroatoms. The van der Waals surface area contributed by atoms with E-state index in [1.54, 1.807) is 33.1 Å². The first-order valence-corrected chi connectivity index (χ1v) is 17.8. The number of hydrogen-bond donors (Lipinski definition) is 2. The van der Waals surface area contributed by atoms with Crippen LogP contribution >= 0.6 is 0 Å². The van der Waals surface area contributed by atoms with E-state index in [9.17, 15) is 29.4 Å². The fraction of sp³-hybridized carbons (Fsp3) is 0.757. The standard InChI is InChI=1S/C37H48O14/c1-9-16(2)31(44)50-32-33(6)22-13-24-35(8)27(36(22,15-46-32)28(43)26(47-17(3)38)30(33)49-19(5)40)25(42)29(48-18(4)39)34(7)21(20-10-11-45-14-20)12-23(41)37(34,35)51-24/h10-11,14,16,21-24,26-30,32,41,43H,9,12-13,15H2,1-8H3/t16?,21-,22-,23+,24+,26+,27-,28-,29-,30+,32-,33+,34+,35+,36-,37-/m0/s1. The smallest absolute Gasteiger partial charge is 0.310 e. The number of aliphatic hydroxyl groups excluding tert-OH is 2. The highest BCUT2D eigenvalue weighted by molar-refractivity contribution is 5.93. The minimum atomic E-state index is -1.66. The Morgan fingerprint density at radius 2 is 1.63 bits per heavy atom. The van der Waals surface area contributed by atoms with Crippen molar-refractivity contribution in [3.8, 4) is 0 Å². The second kappa shape index (κ2) is 11.6. The van der Waals surface area contributed by atoms with Crippen LogP contribution in [0.2, 0.25) is 0 Å². The van der Waals surface area contributed by atoms with E-state index in [2.05, 4.69) is 0 Å². The highest BCUT2D eigenvalue weighted by Gasteiger charge is 2.92. The van der Waals surface area contributed by atoms with Crippen LogP contribution < -0.4 is 0 Å². The maximum absolute atomic E-state index is 15.5. The van der Waals surface area contributed by atoms with E-state index in [0.717, 1.165) is 6.92 Å². The molecule has 1 spiro atoms. The average Bonchev–Trinajstić information content (AvgIpc) is 3.67. The van der Waals surface area contributed by atoms with Gasteiger partial charge in [0, 0.05) is 43.4 Å². The number of esters is 4. The first-order valence-electron chi connectivity index (χ1n) is 17.8. The molecule has 0 aromatic carbocycles. The van der Waals surface area contributed by atoms with Gasteiger partial charge in [0.25, 0.3) is 0 Å². The number of aliphatic hydroxyl groups is 2. The molecule has 1 aromatic heterocycles. The summed E-state index contributed by atoms with van der Waals surface area (Å²) in [5, 5.41) is 24.9. The molecule has 4 saturated carbocycles. The highest BCUT2D eigenvalue weighted by Crippen LogP contribution is 2.82. The van der Waals surface area contributed by atoms with Crippen molar-refractivity contribution in [3.05, 3.63) is 24.2 Å². The average molecular weight is 717 g/mol. The largest absolute Gasteiger partial charge is 0.472 e. The SMILES string of the molecule is CCC(C)C(=O)O[C@@H]1OC[C@@]23[C@H]4C(=O)[C@H](OC(C)=O)[C@@]5(C)[C@H](c6ccoc6)C[C@@H](O)[C@]56O[C@H](C[C@H]2[C@]1(C)[C@H](OC(C)=O)[C@H](OC(C)=O)[C@@H]3O)[C@]46C. The van der Waals surface area contributed by atoms with E-state index < -0.39 is 124 Å². The molecular weight excluding hydrogens is 668 g/mol. The summed E-state index contributed by atoms with van der Waals surface area (Å²) in [4.78, 5) is 67.1. The molecule has 14 nitrogen and oxygen atoms in total. The van der Waals surface area contributed by atoms with E-state index in [1.165, 1.54) is 20.1 Å². The Morgan fingerprint density at radius 3 is 2.22 bits per heavy atom. The van der Waals surface area contributed by atoms with Crippen molar-refractivity contribution in [2.24, 2.45) is 39.4 Å². The Balaban J connectivity index is 1.45. The van der Waals surface area contributed by atoms with Crippen LogP contribution in [0.3, 0.4) is 0 Å². The van der Waals surface area contributed by atoms with Crippen molar-refractivity contribution in [3.63, 3.8) is 0 Å². The number of ether oxygens (including phenoxy) is 6. The number of carbonyl (C=O) groups excluding carboxylic acids is 5. The summed E-state index contributed by atoms with van der Waals surface area (Å²) >= 11 is 0. The Bertz CT molecular complexity index is 1640. The van der Waals surface area contributed by atoms with Gasteiger partial charge in [0.1, 0.15) is 11.7 Å². The summed E-state index contributed by atoms with van der Waals surface area (Å²) in [6, 6.07) is 1.75. The quantitative estimate of drug-likeness (QED) is 0.309. The number of Topliss-reactive ketones (excluding diaryl/α,β-unsaturated/α-hetero) is 1. The number of ketones is 1. The van der Waals surface area contributed by atoms with E-state index >= 15 is 4.79 Å². The Morgan fingerprint density at radius 1 is 0.961 bits per heavy atom. The Hall–Kier alpha value is -3.33. The van der Waals surface area contributed by atoms with Gasteiger partial charge < -0.3 is 43.1 Å². The van der Waals surface area contributed by atoms with Crippen molar-refractivity contribution in [1.82, 2.24) is 0 Å². The number of carbonyl (C=O) groups is 5. The minimum Gasteiger partial charge on any atom is -0.472 e. The van der Waals surface area contributed by atoms with Gasteiger partial charge >= 0.3 is 23.9 Å². The molecule has 280 valence electrons. The molecule has 0 radical (unpaired) electrons. The molecule has 0 amide bonds. The molecule has 4 aliphatic carbocycles. The lowest BCUT2D eigenvalue weighted by Crippen LogP contribution is -2.92. The first-order chi connectivity index (χ1) is 23.9. The zero-order chi connectivity index (χ0) is 37.2. The lowest BCUT2D eigenvalue weighted by atomic mass is 9.30. The zero-order valence-corrected chi connectivity index (χ0v) is 30.2. The lowest BCUT2D eigenvalue weighted by Gasteiger charge is -2.81. The normalized spacial score (nSPS) is 48.2. The minimum absolute atomic E-state index is 0.168. The van der Waals surface area contributed by atoms with E-state index in [-0.39, 0.29) is 19.4 Å². The van der Waals surface area contributed by atoms with Crippen LogP contribution in [-0.4, -0.2) is 95.0 Å². The van der Waals surface area contributed by atoms with Crippen LogP contribution in [0, 0.1) is 39.4 Å². The summed E-state index contributed by atoms with van der Waals surface area (Å²) < 4.78 is 42.5. The van der Waals surface area contributed by atoms with Crippen molar-refractivity contribution in [1.29, 1.82) is 0 Å². The van der Waals surface area contributed by atoms with Crippen LogP contribution in [0.4, 0.5) is 0 Å². The third-order valence-electron chi connectivity index (χ3n) is 14.2. The van der Waals surface area contributed by atoms with Crippen LogP contribution in [0.25, 0.3) is 0 Å². The predicted molar refractivity (Wildman–Crippen MR) is 171 cm³/mol. The van der Waals surface area contributed by atoms with Gasteiger partial charge in [-0.05, 0) is 43.7 Å². The van der Waals surface area contributed by atoms with Gasteiger partial charge in [-0.15, -0.1) is 0 Å². The monoisotopic (exact) mass is 716 g/mol. The topological polar surface area (TPSA) is 194 Å². The molecule has 6 fully saturated rings. The summed E-state index contributed by atoms with van der Waals surface area (Å²) in [5.74, 6) is -6.33. The number of furan rings is 1. The summed E-state index contributed by atoms with van der Waals surface area (Å²) in [5.41, 5.74) is -6.29. The summed E-state index contributed by atoms with van der Waals surface area (Å²) in [6.07, 6.45) is -5.30.